The largest absolute Gasteiger partial charge is 0.129 e. The van der Waals surface area contributed by atoms with Crippen molar-refractivity contribution >= 4 is 7.28 Å². The van der Waals surface area contributed by atoms with Gasteiger partial charge in [-0.1, -0.05) is 52.1 Å². The molecule has 0 nitrogen and oxygen atoms in total. The van der Waals surface area contributed by atoms with Crippen LogP contribution in [0, 0.1) is 0 Å². The molecule has 0 aliphatic heterocycles. The predicted molar refractivity (Wildman–Crippen MR) is 54.3 cm³/mol. The van der Waals surface area contributed by atoms with Crippen LogP contribution in [0.1, 0.15) is 41.5 Å². The van der Waals surface area contributed by atoms with E-state index < -0.39 is 0 Å². The molecule has 0 aromatic carbocycles. The molecular weight excluding hydrogens is 131 g/mol. The molecule has 0 aliphatic carbocycles. The van der Waals surface area contributed by atoms with E-state index in [0.717, 1.165) is 0 Å². The highest BCUT2D eigenvalue weighted by atomic mass is 14.1. The van der Waals surface area contributed by atoms with E-state index in [1.54, 1.807) is 0 Å². The molecule has 0 rings (SSSR count). The summed E-state index contributed by atoms with van der Waals surface area (Å²) in [6.45, 7) is 13.2. The zero-order valence-electron chi connectivity index (χ0n) is 8.73. The standard InChI is InChI=1S/C10H20B/c1-7-8-10(5,6)11-9(2,3)4/h7-8H,1-6H3. The van der Waals surface area contributed by atoms with Gasteiger partial charge in [0.05, 0.1) is 0 Å². The smallest absolute Gasteiger partial charge is 0.0919 e. The highest BCUT2D eigenvalue weighted by Crippen LogP contribution is 2.35. The van der Waals surface area contributed by atoms with E-state index in [9.17, 15) is 0 Å². The van der Waals surface area contributed by atoms with E-state index in [2.05, 4.69) is 61.0 Å². The van der Waals surface area contributed by atoms with Crippen LogP contribution in [0.4, 0.5) is 0 Å². The van der Waals surface area contributed by atoms with Crippen LogP contribution in [0.25, 0.3) is 0 Å². The lowest BCUT2D eigenvalue weighted by Crippen LogP contribution is -2.19. The molecule has 0 amide bonds. The van der Waals surface area contributed by atoms with Gasteiger partial charge in [0.15, 0.2) is 0 Å². The molecule has 0 atom stereocenters. The van der Waals surface area contributed by atoms with E-state index in [-0.39, 0.29) is 5.31 Å². The van der Waals surface area contributed by atoms with Gasteiger partial charge in [-0.2, -0.15) is 0 Å². The third-order valence-electron chi connectivity index (χ3n) is 1.40. The molecule has 0 aromatic rings. The first-order chi connectivity index (χ1) is 4.77. The Kier molecular flexibility index (Phi) is 3.41. The van der Waals surface area contributed by atoms with Crippen LogP contribution in [0.15, 0.2) is 12.2 Å². The SMILES string of the molecule is CC=CC(C)(C)[B]C(C)(C)C. The minimum absolute atomic E-state index is 0.229. The van der Waals surface area contributed by atoms with Gasteiger partial charge in [-0.25, -0.2) is 0 Å². The second-order valence-corrected chi connectivity index (χ2v) is 4.83. The van der Waals surface area contributed by atoms with Gasteiger partial charge in [-0.3, -0.25) is 0 Å². The zero-order valence-corrected chi connectivity index (χ0v) is 8.73. The Morgan fingerprint density at radius 1 is 1.00 bits per heavy atom. The van der Waals surface area contributed by atoms with Gasteiger partial charge in [0.25, 0.3) is 0 Å². The molecule has 0 unspecified atom stereocenters. The molecule has 0 saturated heterocycles. The van der Waals surface area contributed by atoms with E-state index >= 15 is 0 Å². The van der Waals surface area contributed by atoms with Crippen molar-refractivity contribution in [3.8, 4) is 0 Å². The molecule has 0 spiro atoms. The van der Waals surface area contributed by atoms with Crippen molar-refractivity contribution in [3.63, 3.8) is 0 Å². The van der Waals surface area contributed by atoms with Crippen LogP contribution in [-0.2, 0) is 0 Å². The summed E-state index contributed by atoms with van der Waals surface area (Å²) in [5, 5.41) is 0.538. The molecule has 1 radical (unpaired) electrons. The Balaban J connectivity index is 4.13. The predicted octanol–water partition coefficient (Wildman–Crippen LogP) is 3.68. The molecular formula is C10H20B. The van der Waals surface area contributed by atoms with Crippen molar-refractivity contribution in [2.75, 3.05) is 0 Å². The van der Waals surface area contributed by atoms with Crippen molar-refractivity contribution in [1.82, 2.24) is 0 Å². The summed E-state index contributed by atoms with van der Waals surface area (Å²) in [5.41, 5.74) is 0. The Labute approximate surface area is 72.3 Å². The second kappa shape index (κ2) is 3.47. The first-order valence-electron chi connectivity index (χ1n) is 4.28. The normalized spacial score (nSPS) is 14.0. The van der Waals surface area contributed by atoms with Gasteiger partial charge in [0.1, 0.15) is 7.28 Å². The topological polar surface area (TPSA) is 0 Å². The van der Waals surface area contributed by atoms with E-state index in [1.807, 2.05) is 0 Å². The van der Waals surface area contributed by atoms with E-state index in [1.165, 1.54) is 0 Å². The lowest BCUT2D eigenvalue weighted by Gasteiger charge is -2.28. The van der Waals surface area contributed by atoms with Crippen molar-refractivity contribution in [2.24, 2.45) is 0 Å². The molecule has 1 heteroatoms. The summed E-state index contributed by atoms with van der Waals surface area (Å²) in [6.07, 6.45) is 4.35. The summed E-state index contributed by atoms with van der Waals surface area (Å²) >= 11 is 0. The van der Waals surface area contributed by atoms with Gasteiger partial charge in [0, 0.05) is 0 Å². The lowest BCUT2D eigenvalue weighted by atomic mass is 9.41. The molecule has 0 N–H and O–H groups in total. The molecule has 0 bridgehead atoms. The van der Waals surface area contributed by atoms with Crippen LogP contribution >= 0.6 is 0 Å². The van der Waals surface area contributed by atoms with Gasteiger partial charge in [0.2, 0.25) is 0 Å². The number of hydrogen-bond acceptors (Lipinski definition) is 0. The van der Waals surface area contributed by atoms with Crippen LogP contribution in [0.2, 0.25) is 10.6 Å². The third-order valence-corrected chi connectivity index (χ3v) is 1.40. The molecule has 0 saturated carbocycles. The van der Waals surface area contributed by atoms with Crippen molar-refractivity contribution < 1.29 is 0 Å². The number of rotatable bonds is 2. The van der Waals surface area contributed by atoms with Crippen LogP contribution in [0.3, 0.4) is 0 Å². The minimum Gasteiger partial charge on any atom is -0.0919 e. The molecule has 11 heavy (non-hydrogen) atoms. The lowest BCUT2D eigenvalue weighted by molar-refractivity contribution is 0.702. The molecule has 0 heterocycles. The fourth-order valence-corrected chi connectivity index (χ4v) is 1.59. The molecule has 0 aliphatic rings. The quantitative estimate of drug-likeness (QED) is 0.417. The minimum atomic E-state index is 0.229. The van der Waals surface area contributed by atoms with E-state index in [0.29, 0.717) is 5.31 Å². The van der Waals surface area contributed by atoms with Crippen LogP contribution < -0.4 is 0 Å². The van der Waals surface area contributed by atoms with Crippen molar-refractivity contribution in [1.29, 1.82) is 0 Å². The second-order valence-electron chi connectivity index (χ2n) is 4.83. The molecule has 63 valence electrons. The maximum Gasteiger partial charge on any atom is 0.129 e. The Morgan fingerprint density at radius 3 is 1.73 bits per heavy atom. The molecule has 0 fully saturated rings. The summed E-state index contributed by atoms with van der Waals surface area (Å²) in [6, 6.07) is 0. The fourth-order valence-electron chi connectivity index (χ4n) is 1.59. The van der Waals surface area contributed by atoms with Crippen LogP contribution in [-0.4, -0.2) is 7.28 Å². The Bertz CT molecular complexity index is 137. The number of allylic oxidation sites excluding steroid dienone is 2. The van der Waals surface area contributed by atoms with Crippen molar-refractivity contribution in [3.05, 3.63) is 12.2 Å². The highest BCUT2D eigenvalue weighted by Gasteiger charge is 2.24. The maximum atomic E-state index is 2.38. The zero-order chi connectivity index (χ0) is 9.12. The van der Waals surface area contributed by atoms with Gasteiger partial charge >= 0.3 is 0 Å². The third kappa shape index (κ3) is 6.21. The summed E-state index contributed by atoms with van der Waals surface area (Å²) in [7, 11) is 2.38. The fraction of sp³-hybridized carbons (Fsp3) is 0.800. The first kappa shape index (κ1) is 10.8. The number of hydrogen-bond donors (Lipinski definition) is 0. The summed E-state index contributed by atoms with van der Waals surface area (Å²) in [5.74, 6) is 0. The monoisotopic (exact) mass is 151 g/mol. The van der Waals surface area contributed by atoms with Crippen LogP contribution in [0.5, 0.6) is 0 Å². The average molecular weight is 151 g/mol. The molecule has 0 aromatic heterocycles. The average Bonchev–Trinajstić information content (AvgIpc) is 1.55. The van der Waals surface area contributed by atoms with E-state index in [4.69, 9.17) is 0 Å². The van der Waals surface area contributed by atoms with Crippen molar-refractivity contribution in [2.45, 2.75) is 52.2 Å². The summed E-state index contributed by atoms with van der Waals surface area (Å²) < 4.78 is 0. The van der Waals surface area contributed by atoms with Gasteiger partial charge in [-0.15, -0.1) is 0 Å². The maximum absolute atomic E-state index is 2.38. The summed E-state index contributed by atoms with van der Waals surface area (Å²) in [4.78, 5) is 0. The van der Waals surface area contributed by atoms with Gasteiger partial charge in [-0.05, 0) is 12.2 Å². The Morgan fingerprint density at radius 2 is 1.45 bits per heavy atom. The van der Waals surface area contributed by atoms with Gasteiger partial charge < -0.3 is 0 Å². The Hall–Kier alpha value is -0.195. The highest BCUT2D eigenvalue weighted by molar-refractivity contribution is 6.44. The first-order valence-corrected chi connectivity index (χ1v) is 4.28.